The number of benzene rings is 1. The molecule has 0 heterocycles. The Morgan fingerprint density at radius 1 is 1.35 bits per heavy atom. The zero-order valence-corrected chi connectivity index (χ0v) is 11.2. The molecule has 1 aromatic rings. The minimum atomic E-state index is -1.04. The molecule has 1 aliphatic rings. The Morgan fingerprint density at radius 3 is 2.70 bits per heavy atom. The van der Waals surface area contributed by atoms with Gasteiger partial charge in [-0.1, -0.05) is 0 Å². The van der Waals surface area contributed by atoms with E-state index in [1.54, 1.807) is 12.1 Å². The zero-order chi connectivity index (χ0) is 14.5. The van der Waals surface area contributed by atoms with Gasteiger partial charge in [-0.25, -0.2) is 4.79 Å². The van der Waals surface area contributed by atoms with Crippen LogP contribution in [0.1, 0.15) is 36.0 Å². The average molecular weight is 277 g/mol. The van der Waals surface area contributed by atoms with Crippen LogP contribution >= 0.6 is 0 Å². The van der Waals surface area contributed by atoms with Gasteiger partial charge in [-0.3, -0.25) is 4.79 Å². The van der Waals surface area contributed by atoms with Gasteiger partial charge < -0.3 is 21.5 Å². The Morgan fingerprint density at radius 2 is 2.10 bits per heavy atom. The van der Waals surface area contributed by atoms with Crippen LogP contribution in [0, 0.1) is 0 Å². The summed E-state index contributed by atoms with van der Waals surface area (Å²) in [6.07, 6.45) is 3.41. The third-order valence-electron chi connectivity index (χ3n) is 3.13. The summed E-state index contributed by atoms with van der Waals surface area (Å²) in [4.78, 5) is 22.3. The number of anilines is 2. The number of hydrogen-bond acceptors (Lipinski definition) is 4. The van der Waals surface area contributed by atoms with E-state index in [9.17, 15) is 9.59 Å². The fourth-order valence-electron chi connectivity index (χ4n) is 1.88. The van der Waals surface area contributed by atoms with Crippen molar-refractivity contribution < 1.29 is 14.7 Å². The molecule has 1 aromatic carbocycles. The molecule has 20 heavy (non-hydrogen) atoms. The maximum absolute atomic E-state index is 11.5. The fourth-order valence-corrected chi connectivity index (χ4v) is 1.88. The molecule has 0 bridgehead atoms. The average Bonchev–Trinajstić information content (AvgIpc) is 3.18. The van der Waals surface area contributed by atoms with E-state index in [0.717, 1.165) is 24.9 Å². The number of amides is 1. The van der Waals surface area contributed by atoms with Crippen LogP contribution in [0.2, 0.25) is 0 Å². The standard InChI is InChI=1S/C14H19N3O3/c15-12-8-10(5-6-11(12)14(19)20)16-7-1-2-13(18)17-9-3-4-9/h5-6,8-9,16H,1-4,7,15H2,(H,17,18)(H,19,20). The number of rotatable bonds is 7. The zero-order valence-electron chi connectivity index (χ0n) is 11.2. The summed E-state index contributed by atoms with van der Waals surface area (Å²) in [7, 11) is 0. The highest BCUT2D eigenvalue weighted by atomic mass is 16.4. The summed E-state index contributed by atoms with van der Waals surface area (Å²) >= 11 is 0. The lowest BCUT2D eigenvalue weighted by molar-refractivity contribution is -0.121. The SMILES string of the molecule is Nc1cc(NCCCC(=O)NC2CC2)ccc1C(=O)O. The van der Waals surface area contributed by atoms with E-state index in [0.29, 0.717) is 19.0 Å². The Labute approximate surface area is 117 Å². The van der Waals surface area contributed by atoms with Gasteiger partial charge in [0.05, 0.1) is 5.56 Å². The van der Waals surface area contributed by atoms with E-state index in [1.165, 1.54) is 6.07 Å². The number of nitrogens with two attached hydrogens (primary N) is 1. The molecule has 0 aromatic heterocycles. The van der Waals surface area contributed by atoms with Crippen LogP contribution in [-0.2, 0) is 4.79 Å². The van der Waals surface area contributed by atoms with Crippen molar-refractivity contribution in [3.05, 3.63) is 23.8 Å². The third-order valence-corrected chi connectivity index (χ3v) is 3.13. The summed E-state index contributed by atoms with van der Waals surface area (Å²) in [5.41, 5.74) is 6.74. The van der Waals surface area contributed by atoms with Crippen molar-refractivity contribution in [2.24, 2.45) is 0 Å². The van der Waals surface area contributed by atoms with Crippen molar-refractivity contribution in [1.82, 2.24) is 5.32 Å². The highest BCUT2D eigenvalue weighted by Gasteiger charge is 2.22. The molecule has 0 atom stereocenters. The number of hydrogen-bond donors (Lipinski definition) is 4. The fraction of sp³-hybridized carbons (Fsp3) is 0.429. The van der Waals surface area contributed by atoms with Crippen molar-refractivity contribution in [1.29, 1.82) is 0 Å². The molecule has 0 spiro atoms. The smallest absolute Gasteiger partial charge is 0.337 e. The molecule has 0 radical (unpaired) electrons. The maximum Gasteiger partial charge on any atom is 0.337 e. The number of nitrogen functional groups attached to an aromatic ring is 1. The highest BCUT2D eigenvalue weighted by molar-refractivity contribution is 5.94. The monoisotopic (exact) mass is 277 g/mol. The quantitative estimate of drug-likeness (QED) is 0.446. The van der Waals surface area contributed by atoms with E-state index >= 15 is 0 Å². The molecule has 2 rings (SSSR count). The number of carbonyl (C=O) groups excluding carboxylic acids is 1. The highest BCUT2D eigenvalue weighted by Crippen LogP contribution is 2.19. The van der Waals surface area contributed by atoms with Gasteiger partial charge in [0.15, 0.2) is 0 Å². The number of nitrogens with one attached hydrogen (secondary N) is 2. The normalized spacial score (nSPS) is 13.8. The van der Waals surface area contributed by atoms with Crippen LogP contribution < -0.4 is 16.4 Å². The van der Waals surface area contributed by atoms with Gasteiger partial charge >= 0.3 is 5.97 Å². The Balaban J connectivity index is 1.72. The molecular weight excluding hydrogens is 258 g/mol. The molecule has 1 fully saturated rings. The van der Waals surface area contributed by atoms with Crippen molar-refractivity contribution >= 4 is 23.3 Å². The molecule has 6 nitrogen and oxygen atoms in total. The number of carboxylic acids is 1. The van der Waals surface area contributed by atoms with Gasteiger partial charge in [0.25, 0.3) is 0 Å². The van der Waals surface area contributed by atoms with Gasteiger partial charge in [-0.05, 0) is 37.5 Å². The number of carbonyl (C=O) groups is 2. The van der Waals surface area contributed by atoms with Crippen LogP contribution in [0.3, 0.4) is 0 Å². The van der Waals surface area contributed by atoms with Crippen LogP contribution in [0.5, 0.6) is 0 Å². The topological polar surface area (TPSA) is 104 Å². The summed E-state index contributed by atoms with van der Waals surface area (Å²) in [6, 6.07) is 5.14. The second-order valence-corrected chi connectivity index (χ2v) is 4.98. The van der Waals surface area contributed by atoms with Crippen molar-refractivity contribution in [2.45, 2.75) is 31.7 Å². The van der Waals surface area contributed by atoms with Crippen LogP contribution in [0.25, 0.3) is 0 Å². The first-order valence-electron chi connectivity index (χ1n) is 6.72. The van der Waals surface area contributed by atoms with Crippen molar-refractivity contribution in [2.75, 3.05) is 17.6 Å². The van der Waals surface area contributed by atoms with Crippen LogP contribution in [0.15, 0.2) is 18.2 Å². The summed E-state index contributed by atoms with van der Waals surface area (Å²) < 4.78 is 0. The van der Waals surface area contributed by atoms with Gasteiger partial charge in [-0.15, -0.1) is 0 Å². The number of aromatic carboxylic acids is 1. The van der Waals surface area contributed by atoms with Crippen LogP contribution in [0.4, 0.5) is 11.4 Å². The maximum atomic E-state index is 11.5. The lowest BCUT2D eigenvalue weighted by Gasteiger charge is -2.08. The largest absolute Gasteiger partial charge is 0.478 e. The third kappa shape index (κ3) is 4.15. The molecule has 1 aliphatic carbocycles. The summed E-state index contributed by atoms with van der Waals surface area (Å²) in [6.45, 7) is 0.643. The molecule has 1 amide bonds. The number of carboxylic acid groups (broad SMARTS) is 1. The predicted molar refractivity (Wildman–Crippen MR) is 76.7 cm³/mol. The molecule has 0 aliphatic heterocycles. The van der Waals surface area contributed by atoms with Crippen molar-refractivity contribution in [3.8, 4) is 0 Å². The minimum Gasteiger partial charge on any atom is -0.478 e. The van der Waals surface area contributed by atoms with E-state index < -0.39 is 5.97 Å². The second-order valence-electron chi connectivity index (χ2n) is 4.98. The second kappa shape index (κ2) is 6.27. The van der Waals surface area contributed by atoms with Crippen molar-refractivity contribution in [3.63, 3.8) is 0 Å². The molecular formula is C14H19N3O3. The van der Waals surface area contributed by atoms with E-state index in [2.05, 4.69) is 10.6 Å². The van der Waals surface area contributed by atoms with Crippen LogP contribution in [-0.4, -0.2) is 29.6 Å². The van der Waals surface area contributed by atoms with E-state index in [4.69, 9.17) is 10.8 Å². The van der Waals surface area contributed by atoms with Gasteiger partial charge in [0.1, 0.15) is 0 Å². The molecule has 0 saturated heterocycles. The van der Waals surface area contributed by atoms with E-state index in [1.807, 2.05) is 0 Å². The first-order valence-corrected chi connectivity index (χ1v) is 6.72. The molecule has 6 heteroatoms. The predicted octanol–water partition coefficient (Wildman–Crippen LogP) is 1.44. The lowest BCUT2D eigenvalue weighted by atomic mass is 10.1. The van der Waals surface area contributed by atoms with Gasteiger partial charge in [0.2, 0.25) is 5.91 Å². The molecule has 5 N–H and O–H groups in total. The van der Waals surface area contributed by atoms with E-state index in [-0.39, 0.29) is 17.2 Å². The summed E-state index contributed by atoms with van der Waals surface area (Å²) in [5.74, 6) is -0.944. The summed E-state index contributed by atoms with van der Waals surface area (Å²) in [5, 5.41) is 14.9. The minimum absolute atomic E-state index is 0.0926. The Bertz CT molecular complexity index is 512. The van der Waals surface area contributed by atoms with Gasteiger partial charge in [0, 0.05) is 30.4 Å². The lowest BCUT2D eigenvalue weighted by Crippen LogP contribution is -2.25. The Hall–Kier alpha value is -2.24. The first-order chi connectivity index (χ1) is 9.56. The molecule has 0 unspecified atom stereocenters. The Kier molecular flexibility index (Phi) is 4.45. The van der Waals surface area contributed by atoms with Gasteiger partial charge in [-0.2, -0.15) is 0 Å². The molecule has 1 saturated carbocycles. The molecule has 108 valence electrons. The first kappa shape index (κ1) is 14.2.